The standard InChI is InChI=1S/C9H6ClN3O3.C6H4O2S/c10-8-5(1-2-16-8)6(14)3-7(15)9-11-4-12-13-9;7-9(8)5-3-1-2-4-6(5)9/h1-4,14H,(H,11,12,13);1-4H. The van der Waals surface area contributed by atoms with Crippen LogP contribution in [0.4, 0.5) is 0 Å². The number of carbonyl (C=O) groups excluding carboxylic acids is 1. The van der Waals surface area contributed by atoms with Gasteiger partial charge >= 0.3 is 0 Å². The molecule has 4 rings (SSSR count). The van der Waals surface area contributed by atoms with Crippen LogP contribution in [0.15, 0.2) is 63.2 Å². The highest BCUT2D eigenvalue weighted by atomic mass is 35.5. The molecule has 0 amide bonds. The molecule has 0 aliphatic carbocycles. The first-order valence-corrected chi connectivity index (χ1v) is 8.65. The monoisotopic (exact) mass is 379 g/mol. The SMILES string of the molecule is O=C(C=C(O)c1ccoc1Cl)c1ncn[nH]1.O=S1(=O)c2ccccc21. The van der Waals surface area contributed by atoms with Crippen LogP contribution in [0.1, 0.15) is 16.2 Å². The Morgan fingerprint density at radius 2 is 1.92 bits per heavy atom. The lowest BCUT2D eigenvalue weighted by atomic mass is 10.2. The minimum absolute atomic E-state index is 0.0131. The lowest BCUT2D eigenvalue weighted by Crippen LogP contribution is -1.99. The van der Waals surface area contributed by atoms with Crippen molar-refractivity contribution in [1.82, 2.24) is 15.2 Å². The number of furan rings is 1. The van der Waals surface area contributed by atoms with Gasteiger partial charge in [-0.2, -0.15) is 5.10 Å². The Bertz CT molecular complexity index is 1030. The third kappa shape index (κ3) is 3.47. The predicted octanol–water partition coefficient (Wildman–Crippen LogP) is 2.67. The summed E-state index contributed by atoms with van der Waals surface area (Å²) in [6, 6.07) is 8.13. The van der Waals surface area contributed by atoms with Gasteiger partial charge in [-0.15, -0.1) is 0 Å². The molecule has 3 heterocycles. The van der Waals surface area contributed by atoms with Gasteiger partial charge in [0, 0.05) is 6.08 Å². The summed E-state index contributed by atoms with van der Waals surface area (Å²) in [4.78, 5) is 16.1. The number of aliphatic hydroxyl groups is 1. The number of fused-ring (bicyclic) bond motifs is 1. The third-order valence-corrected chi connectivity index (χ3v) is 5.16. The van der Waals surface area contributed by atoms with Crippen molar-refractivity contribution in [3.63, 3.8) is 0 Å². The molecule has 0 spiro atoms. The fourth-order valence-corrected chi connectivity index (χ4v) is 3.44. The summed E-state index contributed by atoms with van der Waals surface area (Å²) in [7, 11) is -2.88. The minimum Gasteiger partial charge on any atom is -0.507 e. The summed E-state index contributed by atoms with van der Waals surface area (Å²) < 4.78 is 26.2. The van der Waals surface area contributed by atoms with Crippen molar-refractivity contribution in [2.75, 3.05) is 0 Å². The van der Waals surface area contributed by atoms with Gasteiger partial charge in [-0.25, -0.2) is 13.4 Å². The molecule has 10 heteroatoms. The van der Waals surface area contributed by atoms with E-state index in [0.717, 1.165) is 6.08 Å². The number of carbonyl (C=O) groups is 1. The van der Waals surface area contributed by atoms with E-state index in [0.29, 0.717) is 9.79 Å². The third-order valence-electron chi connectivity index (χ3n) is 3.20. The Hall–Kier alpha value is -2.91. The number of rotatable bonds is 3. The van der Waals surface area contributed by atoms with E-state index in [1.807, 2.05) is 0 Å². The van der Waals surface area contributed by atoms with E-state index in [1.165, 1.54) is 18.7 Å². The zero-order valence-electron chi connectivity index (χ0n) is 12.4. The summed E-state index contributed by atoms with van der Waals surface area (Å²) >= 11 is 5.63. The lowest BCUT2D eigenvalue weighted by Gasteiger charge is -1.95. The number of allylic oxidation sites excluding steroid dienone is 1. The Balaban J connectivity index is 0.000000170. The number of sulfone groups is 1. The summed E-state index contributed by atoms with van der Waals surface area (Å²) in [5, 5.41) is 15.5. The highest BCUT2D eigenvalue weighted by Crippen LogP contribution is 2.38. The number of ketones is 1. The first-order chi connectivity index (χ1) is 11.9. The summed E-state index contributed by atoms with van der Waals surface area (Å²) in [6.07, 6.45) is 3.49. The highest BCUT2D eigenvalue weighted by Gasteiger charge is 2.37. The van der Waals surface area contributed by atoms with Gasteiger partial charge in [0.25, 0.3) is 0 Å². The van der Waals surface area contributed by atoms with Crippen molar-refractivity contribution in [2.45, 2.75) is 9.79 Å². The van der Waals surface area contributed by atoms with E-state index in [1.54, 1.807) is 24.3 Å². The number of halogens is 1. The molecule has 0 saturated heterocycles. The first kappa shape index (κ1) is 16.9. The summed E-state index contributed by atoms with van der Waals surface area (Å²) in [5.41, 5.74) is 0.245. The van der Waals surface area contributed by atoms with Crippen LogP contribution in [0.3, 0.4) is 0 Å². The van der Waals surface area contributed by atoms with Gasteiger partial charge in [0.2, 0.25) is 20.8 Å². The summed E-state index contributed by atoms with van der Waals surface area (Å²) in [6.45, 7) is 0. The van der Waals surface area contributed by atoms with Gasteiger partial charge in [0.05, 0.1) is 21.6 Å². The van der Waals surface area contributed by atoms with Crippen LogP contribution >= 0.6 is 11.6 Å². The number of hydrogen-bond acceptors (Lipinski definition) is 7. The zero-order valence-corrected chi connectivity index (χ0v) is 14.0. The van der Waals surface area contributed by atoms with Crippen LogP contribution in [0.5, 0.6) is 0 Å². The molecule has 0 fully saturated rings. The number of hydrogen-bond donors (Lipinski definition) is 2. The second kappa shape index (κ2) is 6.54. The van der Waals surface area contributed by atoms with Crippen LogP contribution in [0, 0.1) is 0 Å². The highest BCUT2D eigenvalue weighted by molar-refractivity contribution is 7.97. The van der Waals surface area contributed by atoms with Gasteiger partial charge in [-0.1, -0.05) is 12.1 Å². The fraction of sp³-hybridized carbons (Fsp3) is 0. The lowest BCUT2D eigenvalue weighted by molar-refractivity contribution is 0.103. The number of H-pyrrole nitrogens is 1. The molecule has 8 nitrogen and oxygen atoms in total. The predicted molar refractivity (Wildman–Crippen MR) is 86.9 cm³/mol. The van der Waals surface area contributed by atoms with E-state index in [2.05, 4.69) is 15.2 Å². The van der Waals surface area contributed by atoms with Gasteiger partial charge in [0.1, 0.15) is 12.1 Å². The van der Waals surface area contributed by atoms with Crippen LogP contribution in [0.25, 0.3) is 5.76 Å². The van der Waals surface area contributed by atoms with Gasteiger partial charge in [-0.3, -0.25) is 9.89 Å². The maximum Gasteiger partial charge on any atom is 0.226 e. The maximum atomic E-state index is 11.5. The fourth-order valence-electron chi connectivity index (χ4n) is 1.92. The quantitative estimate of drug-likeness (QED) is 0.242. The average Bonchev–Trinajstić information content (AvgIpc) is 3.07. The van der Waals surface area contributed by atoms with Crippen molar-refractivity contribution < 1.29 is 22.7 Å². The number of nitrogens with one attached hydrogen (secondary N) is 1. The Kier molecular flexibility index (Phi) is 4.43. The molecule has 2 N–H and O–H groups in total. The first-order valence-electron chi connectivity index (χ1n) is 6.79. The van der Waals surface area contributed by atoms with Crippen LogP contribution < -0.4 is 0 Å². The molecule has 2 aromatic heterocycles. The molecule has 3 aromatic rings. The number of aliphatic hydroxyl groups excluding tert-OH is 1. The maximum absolute atomic E-state index is 11.5. The molecule has 25 heavy (non-hydrogen) atoms. The number of benzene rings is 1. The molecule has 1 aliphatic heterocycles. The van der Waals surface area contributed by atoms with E-state index in [-0.39, 0.29) is 22.4 Å². The van der Waals surface area contributed by atoms with Crippen LogP contribution in [-0.2, 0) is 9.84 Å². The molecule has 1 aliphatic rings. The number of aromatic nitrogens is 3. The van der Waals surface area contributed by atoms with E-state index >= 15 is 0 Å². The molecule has 0 radical (unpaired) electrons. The molecular weight excluding hydrogens is 370 g/mol. The minimum atomic E-state index is -2.88. The van der Waals surface area contributed by atoms with E-state index in [9.17, 15) is 18.3 Å². The zero-order chi connectivity index (χ0) is 18.0. The molecule has 0 unspecified atom stereocenters. The summed E-state index contributed by atoms with van der Waals surface area (Å²) in [5.74, 6) is -0.765. The van der Waals surface area contributed by atoms with E-state index in [4.69, 9.17) is 16.0 Å². The molecule has 1 aromatic carbocycles. The average molecular weight is 380 g/mol. The Labute approximate surface area is 146 Å². The van der Waals surface area contributed by atoms with Gasteiger partial charge < -0.3 is 9.52 Å². The van der Waals surface area contributed by atoms with E-state index < -0.39 is 15.6 Å². The molecular formula is C15H10ClN3O5S. The molecule has 0 bridgehead atoms. The molecule has 0 saturated carbocycles. The molecule has 0 atom stereocenters. The van der Waals surface area contributed by atoms with Crippen molar-refractivity contribution in [3.8, 4) is 0 Å². The number of aromatic amines is 1. The van der Waals surface area contributed by atoms with Gasteiger partial charge in [0.15, 0.2) is 5.82 Å². The van der Waals surface area contributed by atoms with Crippen LogP contribution in [0.2, 0.25) is 5.22 Å². The second-order valence-corrected chi connectivity index (χ2v) is 7.02. The smallest absolute Gasteiger partial charge is 0.226 e. The Morgan fingerprint density at radius 1 is 1.24 bits per heavy atom. The van der Waals surface area contributed by atoms with Crippen molar-refractivity contribution in [2.24, 2.45) is 0 Å². The van der Waals surface area contributed by atoms with Crippen LogP contribution in [-0.4, -0.2) is 34.5 Å². The van der Waals surface area contributed by atoms with Crippen molar-refractivity contribution in [3.05, 3.63) is 65.6 Å². The number of nitrogens with zero attached hydrogens (tertiary/aromatic N) is 2. The topological polar surface area (TPSA) is 126 Å². The normalized spacial score (nSPS) is 14.2. The van der Waals surface area contributed by atoms with Crippen molar-refractivity contribution >= 4 is 33.0 Å². The Morgan fingerprint density at radius 3 is 2.40 bits per heavy atom. The largest absolute Gasteiger partial charge is 0.507 e. The van der Waals surface area contributed by atoms with Crippen molar-refractivity contribution in [1.29, 1.82) is 0 Å². The van der Waals surface area contributed by atoms with Gasteiger partial charge in [-0.05, 0) is 29.8 Å². The molecule has 128 valence electrons. The second-order valence-electron chi connectivity index (χ2n) is 4.79.